The van der Waals surface area contributed by atoms with E-state index in [1.165, 1.54) is 0 Å². The van der Waals surface area contributed by atoms with Gasteiger partial charge in [-0.3, -0.25) is 5.84 Å². The van der Waals surface area contributed by atoms with Crippen LogP contribution in [0.15, 0.2) is 24.3 Å². The van der Waals surface area contributed by atoms with Gasteiger partial charge in [0.2, 0.25) is 0 Å². The van der Waals surface area contributed by atoms with E-state index in [0.29, 0.717) is 0 Å². The highest BCUT2D eigenvalue weighted by molar-refractivity contribution is 6.30. The topological polar surface area (TPSA) is 41.3 Å². The van der Waals surface area contributed by atoms with Crippen molar-refractivity contribution >= 4 is 11.6 Å². The summed E-state index contributed by atoms with van der Waals surface area (Å²) in [4.78, 5) is 0. The highest BCUT2D eigenvalue weighted by Crippen LogP contribution is 2.11. The van der Waals surface area contributed by atoms with Crippen LogP contribution in [0.4, 0.5) is 0 Å². The van der Waals surface area contributed by atoms with Crippen molar-refractivity contribution in [3.63, 3.8) is 0 Å². The third-order valence-electron chi connectivity index (χ3n) is 1.92. The summed E-state index contributed by atoms with van der Waals surface area (Å²) in [6.45, 7) is 2.43. The van der Waals surface area contributed by atoms with E-state index in [4.69, 9.17) is 17.4 Å². The summed E-state index contributed by atoms with van der Waals surface area (Å²) in [6.07, 6.45) is 0. The van der Waals surface area contributed by atoms with Gasteiger partial charge >= 0.3 is 0 Å². The third-order valence-corrected chi connectivity index (χ3v) is 2.16. The molecular weight excluding hydrogens is 198 g/mol. The van der Waals surface area contributed by atoms with Crippen LogP contribution in [0.3, 0.4) is 0 Å². The van der Waals surface area contributed by atoms with Gasteiger partial charge in [0.25, 0.3) is 0 Å². The summed E-state index contributed by atoms with van der Waals surface area (Å²) >= 11 is 5.86. The van der Waals surface area contributed by atoms with Gasteiger partial charge in [0.1, 0.15) is 0 Å². The van der Waals surface area contributed by atoms with Crippen molar-refractivity contribution in [2.45, 2.75) is 6.54 Å². The van der Waals surface area contributed by atoms with Crippen LogP contribution >= 0.6 is 11.6 Å². The molecule has 0 aromatic heterocycles. The molecule has 0 saturated carbocycles. The molecule has 0 atom stereocenters. The maximum absolute atomic E-state index is 5.86. The third kappa shape index (κ3) is 4.07. The summed E-state index contributed by atoms with van der Waals surface area (Å²) in [5, 5.41) is 5.57. The first-order valence-electron chi connectivity index (χ1n) is 4.61. The van der Waals surface area contributed by atoms with Crippen LogP contribution in [-0.4, -0.2) is 25.1 Å². The van der Waals surface area contributed by atoms with Crippen LogP contribution in [0.1, 0.15) is 5.56 Å². The van der Waals surface area contributed by atoms with Crippen LogP contribution < -0.4 is 11.2 Å². The number of hydrogen-bond acceptors (Lipinski definition) is 3. The van der Waals surface area contributed by atoms with Gasteiger partial charge < -0.3 is 5.32 Å². The van der Waals surface area contributed by atoms with E-state index in [-0.39, 0.29) is 0 Å². The summed E-state index contributed by atoms with van der Waals surface area (Å²) in [6, 6.07) is 7.75. The van der Waals surface area contributed by atoms with Gasteiger partial charge in [-0.15, -0.1) is 0 Å². The van der Waals surface area contributed by atoms with Crippen LogP contribution in [-0.2, 0) is 6.54 Å². The zero-order valence-electron chi connectivity index (χ0n) is 8.33. The Kier molecular flexibility index (Phi) is 4.90. The Morgan fingerprint density at radius 3 is 2.93 bits per heavy atom. The first-order valence-corrected chi connectivity index (χ1v) is 4.99. The Bertz CT molecular complexity index is 278. The quantitative estimate of drug-likeness (QED) is 0.571. The monoisotopic (exact) mass is 213 g/mol. The van der Waals surface area contributed by atoms with Gasteiger partial charge in [0.05, 0.1) is 0 Å². The number of likely N-dealkylation sites (N-methyl/N-ethyl adjacent to an activating group) is 1. The van der Waals surface area contributed by atoms with Crippen molar-refractivity contribution in [3.05, 3.63) is 34.9 Å². The minimum Gasteiger partial charge on any atom is -0.318 e. The van der Waals surface area contributed by atoms with Gasteiger partial charge in [-0.2, -0.15) is 0 Å². The lowest BCUT2D eigenvalue weighted by Gasteiger charge is -2.15. The molecule has 0 bridgehead atoms. The highest BCUT2D eigenvalue weighted by atomic mass is 35.5. The first-order chi connectivity index (χ1) is 6.72. The molecule has 0 radical (unpaired) electrons. The number of halogens is 1. The lowest BCUT2D eigenvalue weighted by molar-refractivity contribution is 0.276. The fourth-order valence-electron chi connectivity index (χ4n) is 1.20. The van der Waals surface area contributed by atoms with Crippen LogP contribution in [0, 0.1) is 0 Å². The summed E-state index contributed by atoms with van der Waals surface area (Å²) in [5.74, 6) is 5.79. The average Bonchev–Trinajstić information content (AvgIpc) is 2.15. The minimum atomic E-state index is 0.724. The molecule has 1 aromatic rings. The zero-order chi connectivity index (χ0) is 10.4. The molecule has 0 aliphatic rings. The van der Waals surface area contributed by atoms with Crippen molar-refractivity contribution in [2.24, 2.45) is 5.84 Å². The fourth-order valence-corrected chi connectivity index (χ4v) is 1.42. The lowest BCUT2D eigenvalue weighted by atomic mass is 10.2. The first kappa shape index (κ1) is 11.5. The molecule has 3 nitrogen and oxygen atoms in total. The second kappa shape index (κ2) is 5.98. The van der Waals surface area contributed by atoms with Crippen molar-refractivity contribution < 1.29 is 0 Å². The normalized spacial score (nSPS) is 10.9. The van der Waals surface area contributed by atoms with Gasteiger partial charge in [0, 0.05) is 24.7 Å². The molecule has 0 amide bonds. The fraction of sp³-hybridized carbons (Fsp3) is 0.400. The molecule has 78 valence electrons. The maximum atomic E-state index is 5.86. The van der Waals surface area contributed by atoms with Crippen LogP contribution in [0.5, 0.6) is 0 Å². The van der Waals surface area contributed by atoms with E-state index in [9.17, 15) is 0 Å². The van der Waals surface area contributed by atoms with E-state index in [2.05, 4.69) is 5.32 Å². The highest BCUT2D eigenvalue weighted by Gasteiger charge is 2.00. The number of rotatable bonds is 5. The molecule has 0 spiro atoms. The zero-order valence-corrected chi connectivity index (χ0v) is 9.09. The molecule has 3 N–H and O–H groups in total. The molecule has 1 aromatic carbocycles. The van der Waals surface area contributed by atoms with Crippen molar-refractivity contribution in [3.8, 4) is 0 Å². The molecule has 0 fully saturated rings. The van der Waals surface area contributed by atoms with Crippen LogP contribution in [0.2, 0.25) is 5.02 Å². The molecule has 0 heterocycles. The molecule has 4 heteroatoms. The van der Waals surface area contributed by atoms with Gasteiger partial charge in [-0.25, -0.2) is 5.01 Å². The molecule has 0 aliphatic carbocycles. The Morgan fingerprint density at radius 1 is 1.50 bits per heavy atom. The Morgan fingerprint density at radius 2 is 2.29 bits per heavy atom. The molecule has 0 saturated heterocycles. The number of nitrogens with one attached hydrogen (secondary N) is 1. The van der Waals surface area contributed by atoms with Crippen molar-refractivity contribution in [2.75, 3.05) is 20.1 Å². The second-order valence-corrected chi connectivity index (χ2v) is 3.64. The van der Waals surface area contributed by atoms with E-state index < -0.39 is 0 Å². The number of nitrogens with zero attached hydrogens (tertiary/aromatic N) is 1. The average molecular weight is 214 g/mol. The standard InChI is InChI=1S/C10H16ClN3/c1-13-5-6-14(12)8-9-3-2-4-10(11)7-9/h2-4,7,13H,5-6,8,12H2,1H3. The molecule has 14 heavy (non-hydrogen) atoms. The summed E-state index contributed by atoms with van der Waals surface area (Å²) in [7, 11) is 1.91. The Labute approximate surface area is 89.8 Å². The van der Waals surface area contributed by atoms with E-state index >= 15 is 0 Å². The summed E-state index contributed by atoms with van der Waals surface area (Å²) in [5.41, 5.74) is 1.14. The van der Waals surface area contributed by atoms with Gasteiger partial charge in [0.15, 0.2) is 0 Å². The van der Waals surface area contributed by atoms with E-state index in [1.54, 1.807) is 5.01 Å². The SMILES string of the molecule is CNCCN(N)Cc1cccc(Cl)c1. The van der Waals surface area contributed by atoms with Crippen LogP contribution in [0.25, 0.3) is 0 Å². The van der Waals surface area contributed by atoms with Crippen molar-refractivity contribution in [1.82, 2.24) is 10.3 Å². The number of hydrogen-bond donors (Lipinski definition) is 2. The van der Waals surface area contributed by atoms with Crippen molar-refractivity contribution in [1.29, 1.82) is 0 Å². The molecule has 0 aliphatic heterocycles. The number of benzene rings is 1. The largest absolute Gasteiger partial charge is 0.318 e. The second-order valence-electron chi connectivity index (χ2n) is 3.20. The van der Waals surface area contributed by atoms with Gasteiger partial charge in [-0.05, 0) is 24.7 Å². The maximum Gasteiger partial charge on any atom is 0.0409 e. The minimum absolute atomic E-state index is 0.724. The lowest BCUT2D eigenvalue weighted by Crippen LogP contribution is -2.35. The molecule has 0 unspecified atom stereocenters. The number of hydrazine groups is 1. The smallest absolute Gasteiger partial charge is 0.0409 e. The Hall–Kier alpha value is -0.610. The van der Waals surface area contributed by atoms with E-state index in [0.717, 1.165) is 30.2 Å². The molecular formula is C10H16ClN3. The predicted molar refractivity (Wildman–Crippen MR) is 60.0 cm³/mol. The van der Waals surface area contributed by atoms with Gasteiger partial charge in [-0.1, -0.05) is 23.7 Å². The Balaban J connectivity index is 2.43. The predicted octanol–water partition coefficient (Wildman–Crippen LogP) is 1.24. The molecule has 1 rings (SSSR count). The number of nitrogens with two attached hydrogens (primary N) is 1. The van der Waals surface area contributed by atoms with E-state index in [1.807, 2.05) is 31.3 Å². The summed E-state index contributed by atoms with van der Waals surface area (Å²) < 4.78 is 0.